The first kappa shape index (κ1) is 24.1. The number of hydrogen-bond donors (Lipinski definition) is 1. The van der Waals surface area contributed by atoms with Crippen LogP contribution in [0, 0.1) is 36.0 Å². The molecule has 0 radical (unpaired) electrons. The van der Waals surface area contributed by atoms with Crippen LogP contribution in [-0.2, 0) is 30.4 Å². The molecule has 0 bridgehead atoms. The van der Waals surface area contributed by atoms with E-state index in [0.29, 0.717) is 0 Å². The van der Waals surface area contributed by atoms with Crippen LogP contribution in [-0.4, -0.2) is 36.8 Å². The fraction of sp³-hybridized carbons (Fsp3) is 0.348. The van der Waals surface area contributed by atoms with Crippen molar-refractivity contribution in [1.29, 1.82) is 0 Å². The first-order valence-electron chi connectivity index (χ1n) is 9.06. The van der Waals surface area contributed by atoms with Crippen molar-refractivity contribution in [3.63, 3.8) is 0 Å². The molecule has 0 aliphatic heterocycles. The maximum atomic E-state index is 12.8. The predicted molar refractivity (Wildman–Crippen MR) is 109 cm³/mol. The van der Waals surface area contributed by atoms with Gasteiger partial charge in [-0.25, -0.2) is 14.4 Å². The standard InChI is InChI=1S/C23H23NO6/c1-4-7-14-23(15-8-5-2,21(26)29-17-16-28-20(25)6-3)24-22(27)30-18-19-12-10-9-11-13-19/h3,9-13H,14-18H2,1-2H3,(H,24,27). The Bertz CT molecular complexity index is 871. The van der Waals surface area contributed by atoms with Crippen LogP contribution >= 0.6 is 0 Å². The van der Waals surface area contributed by atoms with Crippen molar-refractivity contribution in [2.45, 2.75) is 38.8 Å². The minimum Gasteiger partial charge on any atom is -0.460 e. The van der Waals surface area contributed by atoms with E-state index in [-0.39, 0.29) is 32.7 Å². The first-order valence-corrected chi connectivity index (χ1v) is 9.06. The molecule has 0 aliphatic rings. The third kappa shape index (κ3) is 8.42. The number of carbonyl (C=O) groups excluding carboxylic acids is 3. The molecule has 0 saturated carbocycles. The van der Waals surface area contributed by atoms with E-state index < -0.39 is 23.6 Å². The number of esters is 2. The zero-order valence-corrected chi connectivity index (χ0v) is 16.9. The summed E-state index contributed by atoms with van der Waals surface area (Å²) in [6.07, 6.45) is 4.00. The molecule has 0 saturated heterocycles. The van der Waals surface area contributed by atoms with Crippen molar-refractivity contribution in [3.05, 3.63) is 35.9 Å². The minimum atomic E-state index is -1.55. The van der Waals surface area contributed by atoms with Gasteiger partial charge >= 0.3 is 18.0 Å². The van der Waals surface area contributed by atoms with Crippen LogP contribution < -0.4 is 5.32 Å². The molecule has 1 rings (SSSR count). The van der Waals surface area contributed by atoms with Crippen LogP contribution in [0.25, 0.3) is 0 Å². The highest BCUT2D eigenvalue weighted by Gasteiger charge is 2.41. The Morgan fingerprint density at radius 2 is 1.57 bits per heavy atom. The summed E-state index contributed by atoms with van der Waals surface area (Å²) in [6, 6.07) is 9.09. The second-order valence-corrected chi connectivity index (χ2v) is 5.89. The Hall–Kier alpha value is -3.89. The highest BCUT2D eigenvalue weighted by atomic mass is 16.6. The molecule has 0 aliphatic carbocycles. The summed E-state index contributed by atoms with van der Waals surface area (Å²) in [5, 5.41) is 2.55. The number of rotatable bonds is 9. The fourth-order valence-electron chi connectivity index (χ4n) is 2.23. The molecule has 0 spiro atoms. The second-order valence-electron chi connectivity index (χ2n) is 5.89. The van der Waals surface area contributed by atoms with Gasteiger partial charge in [0.05, 0.1) is 0 Å². The third-order valence-corrected chi connectivity index (χ3v) is 3.75. The van der Waals surface area contributed by atoms with Gasteiger partial charge in [-0.1, -0.05) is 30.3 Å². The summed E-state index contributed by atoms with van der Waals surface area (Å²) < 4.78 is 15.1. The molecule has 1 amide bonds. The van der Waals surface area contributed by atoms with Gasteiger partial charge in [0.25, 0.3) is 0 Å². The number of alkyl carbamates (subject to hydrolysis) is 1. The van der Waals surface area contributed by atoms with Crippen LogP contribution in [0.3, 0.4) is 0 Å². The third-order valence-electron chi connectivity index (χ3n) is 3.75. The van der Waals surface area contributed by atoms with Gasteiger partial charge in [0.1, 0.15) is 19.8 Å². The normalized spacial score (nSPS) is 9.50. The van der Waals surface area contributed by atoms with Gasteiger partial charge < -0.3 is 19.5 Å². The maximum Gasteiger partial charge on any atom is 0.408 e. The Labute approximate surface area is 176 Å². The molecular weight excluding hydrogens is 386 g/mol. The minimum absolute atomic E-state index is 0.0265. The number of amides is 1. The number of terminal acetylenes is 1. The second kappa shape index (κ2) is 13.3. The monoisotopic (exact) mass is 409 g/mol. The van der Waals surface area contributed by atoms with E-state index in [1.807, 2.05) is 18.2 Å². The quantitative estimate of drug-likeness (QED) is 0.221. The van der Waals surface area contributed by atoms with E-state index >= 15 is 0 Å². The zero-order chi connectivity index (χ0) is 22.2. The van der Waals surface area contributed by atoms with Crippen molar-refractivity contribution in [2.24, 2.45) is 0 Å². The van der Waals surface area contributed by atoms with Crippen LogP contribution in [0.2, 0.25) is 0 Å². The highest BCUT2D eigenvalue weighted by molar-refractivity contribution is 5.88. The molecule has 0 atom stereocenters. The molecule has 1 N–H and O–H groups in total. The maximum absolute atomic E-state index is 12.8. The van der Waals surface area contributed by atoms with Gasteiger partial charge in [-0.15, -0.1) is 30.1 Å². The number of nitrogens with one attached hydrogen (secondary N) is 1. The summed E-state index contributed by atoms with van der Waals surface area (Å²) in [4.78, 5) is 36.1. The molecule has 30 heavy (non-hydrogen) atoms. The van der Waals surface area contributed by atoms with Gasteiger partial charge in [-0.2, -0.15) is 0 Å². The Morgan fingerprint density at radius 3 is 2.13 bits per heavy atom. The summed E-state index contributed by atoms with van der Waals surface area (Å²) >= 11 is 0. The zero-order valence-electron chi connectivity index (χ0n) is 16.9. The highest BCUT2D eigenvalue weighted by Crippen LogP contribution is 2.18. The molecule has 156 valence electrons. The molecular formula is C23H23NO6. The molecule has 7 nitrogen and oxygen atoms in total. The van der Waals surface area contributed by atoms with Crippen molar-refractivity contribution in [1.82, 2.24) is 5.32 Å². The fourth-order valence-corrected chi connectivity index (χ4v) is 2.23. The van der Waals surface area contributed by atoms with E-state index in [2.05, 4.69) is 33.7 Å². The molecule has 0 heterocycles. The van der Waals surface area contributed by atoms with E-state index in [0.717, 1.165) is 5.56 Å². The number of carbonyl (C=O) groups is 3. The van der Waals surface area contributed by atoms with Gasteiger partial charge in [0.2, 0.25) is 0 Å². The van der Waals surface area contributed by atoms with Gasteiger partial charge in [-0.05, 0) is 19.4 Å². The lowest BCUT2D eigenvalue weighted by Gasteiger charge is -2.28. The van der Waals surface area contributed by atoms with Crippen LogP contribution in [0.15, 0.2) is 30.3 Å². The van der Waals surface area contributed by atoms with Crippen molar-refractivity contribution in [3.8, 4) is 36.0 Å². The SMILES string of the molecule is C#CC(=O)OCCOC(=O)C(CC#CC)(CC#CC)NC(=O)OCc1ccccc1. The van der Waals surface area contributed by atoms with Crippen molar-refractivity contribution >= 4 is 18.0 Å². The summed E-state index contributed by atoms with van der Waals surface area (Å²) in [6.45, 7) is 2.78. The largest absolute Gasteiger partial charge is 0.460 e. The Morgan fingerprint density at radius 1 is 0.967 bits per heavy atom. The molecule has 0 fully saturated rings. The Kier molecular flexibility index (Phi) is 10.7. The van der Waals surface area contributed by atoms with Gasteiger partial charge in [0.15, 0.2) is 5.54 Å². The van der Waals surface area contributed by atoms with Gasteiger partial charge in [-0.3, -0.25) is 0 Å². The lowest BCUT2D eigenvalue weighted by atomic mass is 9.91. The summed E-state index contributed by atoms with van der Waals surface area (Å²) in [5.74, 6) is 11.1. The lowest BCUT2D eigenvalue weighted by Crippen LogP contribution is -2.55. The van der Waals surface area contributed by atoms with E-state index in [4.69, 9.17) is 15.9 Å². The number of ether oxygens (including phenoxy) is 3. The van der Waals surface area contributed by atoms with E-state index in [9.17, 15) is 14.4 Å². The molecule has 0 unspecified atom stereocenters. The molecule has 0 aromatic heterocycles. The van der Waals surface area contributed by atoms with Crippen LogP contribution in [0.4, 0.5) is 4.79 Å². The molecule has 1 aromatic carbocycles. The molecule has 1 aromatic rings. The van der Waals surface area contributed by atoms with Gasteiger partial charge in [0, 0.05) is 18.8 Å². The molecule has 7 heteroatoms. The number of hydrogen-bond acceptors (Lipinski definition) is 6. The summed E-state index contributed by atoms with van der Waals surface area (Å²) in [7, 11) is 0. The lowest BCUT2D eigenvalue weighted by molar-refractivity contribution is -0.155. The average molecular weight is 409 g/mol. The van der Waals surface area contributed by atoms with Crippen LogP contribution in [0.1, 0.15) is 32.3 Å². The summed E-state index contributed by atoms with van der Waals surface area (Å²) in [5.41, 5.74) is -0.756. The van der Waals surface area contributed by atoms with E-state index in [1.54, 1.807) is 31.9 Å². The smallest absolute Gasteiger partial charge is 0.408 e. The first-order chi connectivity index (χ1) is 14.5. The van der Waals surface area contributed by atoms with Crippen LogP contribution in [0.5, 0.6) is 0 Å². The predicted octanol–water partition coefficient (Wildman–Crippen LogP) is 2.20. The van der Waals surface area contributed by atoms with Crippen molar-refractivity contribution < 1.29 is 28.6 Å². The topological polar surface area (TPSA) is 90.9 Å². The van der Waals surface area contributed by atoms with Crippen molar-refractivity contribution in [2.75, 3.05) is 13.2 Å². The average Bonchev–Trinajstić information content (AvgIpc) is 2.77. The number of benzene rings is 1. The van der Waals surface area contributed by atoms with E-state index in [1.165, 1.54) is 0 Å². The Balaban J connectivity index is 2.87.